The van der Waals surface area contributed by atoms with Gasteiger partial charge in [-0.2, -0.15) is 36.2 Å². The lowest BCUT2D eigenvalue weighted by atomic mass is 10.2. The first-order valence-corrected chi connectivity index (χ1v) is 21.7. The van der Waals surface area contributed by atoms with Crippen LogP contribution in [0.15, 0.2) is 43.4 Å². The molecule has 1 aliphatic rings. The normalized spacial score (nSPS) is 10.8. The lowest BCUT2D eigenvalue weighted by Crippen LogP contribution is -2.32. The number of hydrogen-bond acceptors (Lipinski definition) is 11. The minimum absolute atomic E-state index is 0.428. The fourth-order valence-electron chi connectivity index (χ4n) is 2.53. The molecule has 0 amide bonds. The van der Waals surface area contributed by atoms with E-state index in [1.54, 1.807) is 23.5 Å². The minimum atomic E-state index is 0.428. The smallest absolute Gasteiger partial charge is 0.137 e. The Labute approximate surface area is 362 Å². The molecule has 0 aromatic carbocycles. The molecule has 5 heterocycles. The predicted octanol–water partition coefficient (Wildman–Crippen LogP) is 11.8. The van der Waals surface area contributed by atoms with Crippen molar-refractivity contribution in [2.24, 2.45) is 29.6 Å². The molecular formula is C44H95N15. The second-order valence-corrected chi connectivity index (χ2v) is 17.9. The molecule has 0 atom stereocenters. The van der Waals surface area contributed by atoms with Gasteiger partial charge >= 0.3 is 0 Å². The maximum Gasteiger partial charge on any atom is 0.137 e. The Kier molecular flexibility index (Phi) is 47.1. The van der Waals surface area contributed by atoms with Gasteiger partial charge in [0.1, 0.15) is 37.0 Å². The number of aromatic amines is 3. The zero-order chi connectivity index (χ0) is 46.9. The average molecular weight is 834 g/mol. The van der Waals surface area contributed by atoms with Gasteiger partial charge in [-0.05, 0) is 49.4 Å². The molecule has 0 saturated heterocycles. The van der Waals surface area contributed by atoms with E-state index in [9.17, 15) is 0 Å². The monoisotopic (exact) mass is 834 g/mol. The number of H-pyrrole nitrogens is 3. The van der Waals surface area contributed by atoms with Gasteiger partial charge in [-0.15, -0.1) is 0 Å². The van der Waals surface area contributed by atoms with Gasteiger partial charge in [0.05, 0.1) is 11.9 Å². The van der Waals surface area contributed by atoms with Gasteiger partial charge in [-0.1, -0.05) is 159 Å². The molecule has 0 spiro atoms. The lowest BCUT2D eigenvalue weighted by molar-refractivity contribution is 0.531. The predicted molar refractivity (Wildman–Crippen MR) is 252 cm³/mol. The molecular weight excluding hydrogens is 739 g/mol. The van der Waals surface area contributed by atoms with E-state index < -0.39 is 0 Å². The number of allylic oxidation sites excluding steroid dienone is 1. The molecule has 0 aliphatic carbocycles. The van der Waals surface area contributed by atoms with E-state index in [1.807, 2.05) is 6.20 Å². The van der Waals surface area contributed by atoms with Gasteiger partial charge in [0.15, 0.2) is 0 Å². The van der Waals surface area contributed by atoms with Crippen LogP contribution in [0.4, 0.5) is 0 Å². The zero-order valence-corrected chi connectivity index (χ0v) is 42.4. The standard InChI is InChI=1S/3C5H9N3.C5H11N3.C5H9N3.4C4H10.C3H8/c1-5(2)8-4-6-3-7-8;2*1-4(2)5-6-3-7-8-5;2*1-4(2)5-3-6-8-7-5;4*1-4(2)3;1-3-2/h3-5H,1-2H3;2*3-4H,1-2H3,(H,6,7,8);3-4,6-8H,1-2H3;3-4H,1-2H3,(H,6,7,8);4*4H,1-3H3;3H2,1-2H3. The van der Waals surface area contributed by atoms with Crippen LogP contribution >= 0.6 is 0 Å². The number of rotatable bonds is 5. The van der Waals surface area contributed by atoms with E-state index in [2.05, 4.69) is 238 Å². The number of nitrogens with one attached hydrogen (secondary N) is 6. The molecule has 15 heteroatoms. The van der Waals surface area contributed by atoms with Gasteiger partial charge in [-0.3, -0.25) is 14.9 Å². The Morgan fingerprint density at radius 1 is 0.542 bits per heavy atom. The Balaban J connectivity index is -0.000000187. The number of aromatic nitrogens is 12. The van der Waals surface area contributed by atoms with Crippen LogP contribution in [0.1, 0.15) is 214 Å². The first-order valence-electron chi connectivity index (χ1n) is 21.7. The number of hydrogen-bond donors (Lipinski definition) is 6. The van der Waals surface area contributed by atoms with Gasteiger partial charge in [-0.25, -0.2) is 15.0 Å². The molecule has 0 bridgehead atoms. The lowest BCUT2D eigenvalue weighted by Gasteiger charge is -2.03. The fourth-order valence-corrected chi connectivity index (χ4v) is 2.53. The summed E-state index contributed by atoms with van der Waals surface area (Å²) >= 11 is 0. The van der Waals surface area contributed by atoms with Crippen LogP contribution in [-0.2, 0) is 0 Å². The summed E-state index contributed by atoms with van der Waals surface area (Å²) in [6.45, 7) is 51.1. The molecule has 6 N–H and O–H groups in total. The SMILES string of the molecule is CC(C)C.CC(C)C.CC(C)C.CC(C)C.CC(C)C1=CNNN1.CC(C)c1cn[nH]n1.CC(C)c1ncn[nH]1.CC(C)c1ncn[nH]1.CC(C)n1cncn1.CCC. The maximum absolute atomic E-state index is 3.95. The minimum Gasteiger partial charge on any atom is -0.310 e. The van der Waals surface area contributed by atoms with Gasteiger partial charge in [0.25, 0.3) is 0 Å². The van der Waals surface area contributed by atoms with Crippen LogP contribution in [0.2, 0.25) is 0 Å². The summed E-state index contributed by atoms with van der Waals surface area (Å²) < 4.78 is 1.81. The second-order valence-electron chi connectivity index (χ2n) is 17.9. The van der Waals surface area contributed by atoms with Crippen LogP contribution in [0.5, 0.6) is 0 Å². The van der Waals surface area contributed by atoms with Crippen LogP contribution in [-0.4, -0.2) is 60.5 Å². The van der Waals surface area contributed by atoms with Crippen LogP contribution in [0.3, 0.4) is 0 Å². The Morgan fingerprint density at radius 3 is 1.08 bits per heavy atom. The third kappa shape index (κ3) is 56.0. The summed E-state index contributed by atoms with van der Waals surface area (Å²) in [5.41, 5.74) is 10.8. The summed E-state index contributed by atoms with van der Waals surface area (Å²) in [5, 5.41) is 27.0. The first kappa shape index (κ1) is 64.0. The Morgan fingerprint density at radius 2 is 0.949 bits per heavy atom. The summed E-state index contributed by atoms with van der Waals surface area (Å²) in [7, 11) is 0. The van der Waals surface area contributed by atoms with Crippen LogP contribution in [0, 0.1) is 29.6 Å². The topological polar surface area (TPSA) is 192 Å². The highest BCUT2D eigenvalue weighted by Crippen LogP contribution is 2.07. The van der Waals surface area contributed by atoms with Crippen molar-refractivity contribution in [2.75, 3.05) is 0 Å². The van der Waals surface area contributed by atoms with E-state index in [-0.39, 0.29) is 0 Å². The summed E-state index contributed by atoms with van der Waals surface area (Å²) in [4.78, 5) is 11.7. The summed E-state index contributed by atoms with van der Waals surface area (Å²) in [6, 6.07) is 0.428. The molecule has 346 valence electrons. The van der Waals surface area contributed by atoms with E-state index in [4.69, 9.17) is 0 Å². The molecule has 4 aromatic heterocycles. The quantitative estimate of drug-likeness (QED) is 0.112. The zero-order valence-electron chi connectivity index (χ0n) is 42.4. The van der Waals surface area contributed by atoms with E-state index in [1.165, 1.54) is 24.8 Å². The Bertz CT molecular complexity index is 1120. The third-order valence-electron chi connectivity index (χ3n) is 5.08. The molecule has 0 fully saturated rings. The average Bonchev–Trinajstić information content (AvgIpc) is 3.96. The number of nitrogens with zero attached hydrogens (tertiary/aromatic N) is 9. The molecule has 0 radical (unpaired) electrons. The third-order valence-corrected chi connectivity index (χ3v) is 5.08. The van der Waals surface area contributed by atoms with Crippen molar-refractivity contribution in [3.63, 3.8) is 0 Å². The van der Waals surface area contributed by atoms with E-state index in [0.717, 1.165) is 41.0 Å². The van der Waals surface area contributed by atoms with Gasteiger partial charge in [0, 0.05) is 29.8 Å². The van der Waals surface area contributed by atoms with Crippen LogP contribution in [0.25, 0.3) is 0 Å². The molecule has 5 rings (SSSR count). The van der Waals surface area contributed by atoms with Crippen molar-refractivity contribution in [1.29, 1.82) is 0 Å². The van der Waals surface area contributed by atoms with Crippen molar-refractivity contribution in [3.8, 4) is 0 Å². The van der Waals surface area contributed by atoms with Crippen LogP contribution < -0.4 is 16.4 Å². The molecule has 15 nitrogen and oxygen atoms in total. The molecule has 59 heavy (non-hydrogen) atoms. The highest BCUT2D eigenvalue weighted by molar-refractivity contribution is 5.02. The fraction of sp³-hybridized carbons (Fsp3) is 0.773. The van der Waals surface area contributed by atoms with Crippen molar-refractivity contribution < 1.29 is 0 Å². The van der Waals surface area contributed by atoms with E-state index >= 15 is 0 Å². The van der Waals surface area contributed by atoms with Crippen molar-refractivity contribution in [1.82, 2.24) is 76.9 Å². The molecule has 4 aromatic rings. The largest absolute Gasteiger partial charge is 0.310 e. The second kappa shape index (κ2) is 43.4. The molecule has 1 aliphatic heterocycles. The van der Waals surface area contributed by atoms with Crippen molar-refractivity contribution in [2.45, 2.75) is 196 Å². The summed E-state index contributed by atoms with van der Waals surface area (Å²) in [6.07, 6.45) is 11.2. The van der Waals surface area contributed by atoms with Crippen molar-refractivity contribution in [3.05, 3.63) is 60.7 Å². The Hall–Kier alpha value is -4.14. The number of hydrazine groups is 2. The first-order chi connectivity index (χ1) is 27.4. The highest BCUT2D eigenvalue weighted by atomic mass is 15.6. The van der Waals surface area contributed by atoms with E-state index in [0.29, 0.717) is 29.7 Å². The summed E-state index contributed by atoms with van der Waals surface area (Å²) in [5.74, 6) is 7.19. The molecule has 0 unspecified atom stereocenters. The van der Waals surface area contributed by atoms with Gasteiger partial charge < -0.3 is 10.9 Å². The van der Waals surface area contributed by atoms with Crippen molar-refractivity contribution >= 4 is 0 Å². The maximum atomic E-state index is 3.95. The van der Waals surface area contributed by atoms with Gasteiger partial charge in [0.2, 0.25) is 0 Å². The highest BCUT2D eigenvalue weighted by Gasteiger charge is 2.04. The molecule has 0 saturated carbocycles.